The minimum Gasteiger partial charge on any atom is -0.447 e. The monoisotopic (exact) mass is 340 g/mol. The van der Waals surface area contributed by atoms with Gasteiger partial charge >= 0.3 is 6.09 Å². The number of hydrogen-bond donors (Lipinski definition) is 2. The fourth-order valence-corrected chi connectivity index (χ4v) is 3.83. The lowest BCUT2D eigenvalue weighted by Gasteiger charge is -2.46. The molecule has 1 unspecified atom stereocenters. The van der Waals surface area contributed by atoms with E-state index in [9.17, 15) is 4.79 Å². The first-order valence-electron chi connectivity index (χ1n) is 9.48. The number of amides is 1. The Kier molecular flexibility index (Phi) is 6.89. The van der Waals surface area contributed by atoms with Crippen LogP contribution in [0.5, 0.6) is 0 Å². The molecular formula is C18H36N4O2. The minimum absolute atomic E-state index is 0.0861. The van der Waals surface area contributed by atoms with Gasteiger partial charge in [0.05, 0.1) is 11.6 Å². The molecule has 0 bridgehead atoms. The van der Waals surface area contributed by atoms with Gasteiger partial charge in [0.1, 0.15) is 0 Å². The molecule has 0 aliphatic carbocycles. The lowest BCUT2D eigenvalue weighted by Crippen LogP contribution is -2.63. The third-order valence-electron chi connectivity index (χ3n) is 5.17. The van der Waals surface area contributed by atoms with E-state index in [0.717, 1.165) is 52.1 Å². The molecular weight excluding hydrogens is 304 g/mol. The fourth-order valence-electron chi connectivity index (χ4n) is 3.83. The maximum Gasteiger partial charge on any atom is 0.407 e. The van der Waals surface area contributed by atoms with E-state index in [1.807, 2.05) is 13.8 Å². The SMILES string of the molecule is CC1CN(CC2(NC(=O)OC(C)C)CCN(C(C)C)CC2)CCN1. The minimum atomic E-state index is -0.272. The summed E-state index contributed by atoms with van der Waals surface area (Å²) in [5.74, 6) is 0. The first-order valence-corrected chi connectivity index (χ1v) is 9.48. The van der Waals surface area contributed by atoms with E-state index in [1.54, 1.807) is 0 Å². The Bertz CT molecular complexity index is 406. The number of carbonyl (C=O) groups excluding carboxylic acids is 1. The number of carbonyl (C=O) groups is 1. The number of nitrogens with one attached hydrogen (secondary N) is 2. The molecule has 0 radical (unpaired) electrons. The van der Waals surface area contributed by atoms with Crippen molar-refractivity contribution >= 4 is 6.09 Å². The number of hydrogen-bond acceptors (Lipinski definition) is 5. The molecule has 2 aliphatic heterocycles. The molecule has 2 rings (SSSR count). The highest BCUT2D eigenvalue weighted by molar-refractivity contribution is 5.68. The molecule has 2 fully saturated rings. The molecule has 0 spiro atoms. The normalized spacial score (nSPS) is 25.9. The van der Waals surface area contributed by atoms with E-state index in [-0.39, 0.29) is 17.7 Å². The summed E-state index contributed by atoms with van der Waals surface area (Å²) >= 11 is 0. The lowest BCUT2D eigenvalue weighted by molar-refractivity contribution is 0.0541. The predicted molar refractivity (Wildman–Crippen MR) is 97.3 cm³/mol. The second-order valence-electron chi connectivity index (χ2n) is 8.08. The highest BCUT2D eigenvalue weighted by atomic mass is 16.6. The first-order chi connectivity index (χ1) is 11.3. The summed E-state index contributed by atoms with van der Waals surface area (Å²) in [6.45, 7) is 16.6. The van der Waals surface area contributed by atoms with Crippen molar-refractivity contribution in [3.8, 4) is 0 Å². The van der Waals surface area contributed by atoms with Crippen LogP contribution in [0, 0.1) is 0 Å². The van der Waals surface area contributed by atoms with Gasteiger partial charge in [0.2, 0.25) is 0 Å². The summed E-state index contributed by atoms with van der Waals surface area (Å²) in [6.07, 6.45) is 1.61. The van der Waals surface area contributed by atoms with Crippen molar-refractivity contribution in [2.45, 2.75) is 71.2 Å². The average Bonchev–Trinajstić information content (AvgIpc) is 2.46. The topological polar surface area (TPSA) is 56.8 Å². The standard InChI is InChI=1S/C18H36N4O2/c1-14(2)22-9-6-18(7-10-22,20-17(23)24-15(3)4)13-21-11-8-19-16(5)12-21/h14-16,19H,6-13H2,1-5H3,(H,20,23). The molecule has 0 saturated carbocycles. The molecule has 140 valence electrons. The van der Waals surface area contributed by atoms with Crippen LogP contribution < -0.4 is 10.6 Å². The third kappa shape index (κ3) is 5.60. The van der Waals surface area contributed by atoms with Crippen molar-refractivity contribution in [3.63, 3.8) is 0 Å². The van der Waals surface area contributed by atoms with Gasteiger partial charge in [-0.25, -0.2) is 4.79 Å². The number of piperidine rings is 1. The maximum atomic E-state index is 12.3. The van der Waals surface area contributed by atoms with Gasteiger partial charge in [-0.05, 0) is 47.5 Å². The van der Waals surface area contributed by atoms with Crippen LogP contribution in [0.2, 0.25) is 0 Å². The number of ether oxygens (including phenoxy) is 1. The van der Waals surface area contributed by atoms with Gasteiger partial charge in [0, 0.05) is 51.4 Å². The summed E-state index contributed by atoms with van der Waals surface area (Å²) < 4.78 is 5.37. The van der Waals surface area contributed by atoms with Crippen LogP contribution in [0.15, 0.2) is 0 Å². The molecule has 6 heteroatoms. The molecule has 2 N–H and O–H groups in total. The van der Waals surface area contributed by atoms with Crippen LogP contribution in [0.3, 0.4) is 0 Å². The molecule has 0 aromatic carbocycles. The smallest absolute Gasteiger partial charge is 0.407 e. The van der Waals surface area contributed by atoms with Crippen molar-refractivity contribution in [2.24, 2.45) is 0 Å². The van der Waals surface area contributed by atoms with E-state index < -0.39 is 0 Å². The van der Waals surface area contributed by atoms with E-state index in [2.05, 4.69) is 41.2 Å². The summed E-state index contributed by atoms with van der Waals surface area (Å²) in [7, 11) is 0. The number of nitrogens with zero attached hydrogens (tertiary/aromatic N) is 2. The molecule has 0 aromatic rings. The Morgan fingerprint density at radius 3 is 2.46 bits per heavy atom. The second kappa shape index (κ2) is 8.50. The maximum absolute atomic E-state index is 12.3. The molecule has 1 atom stereocenters. The van der Waals surface area contributed by atoms with Gasteiger partial charge in [-0.15, -0.1) is 0 Å². The largest absolute Gasteiger partial charge is 0.447 e. The molecule has 6 nitrogen and oxygen atoms in total. The molecule has 2 heterocycles. The van der Waals surface area contributed by atoms with E-state index >= 15 is 0 Å². The van der Waals surface area contributed by atoms with Crippen molar-refractivity contribution < 1.29 is 9.53 Å². The first kappa shape index (κ1) is 19.5. The summed E-state index contributed by atoms with van der Waals surface area (Å²) in [4.78, 5) is 17.3. The average molecular weight is 341 g/mol. The second-order valence-corrected chi connectivity index (χ2v) is 8.08. The Labute approximate surface area is 147 Å². The molecule has 2 aliphatic rings. The zero-order valence-corrected chi connectivity index (χ0v) is 16.1. The van der Waals surface area contributed by atoms with Crippen molar-refractivity contribution in [2.75, 3.05) is 39.3 Å². The molecule has 1 amide bonds. The van der Waals surface area contributed by atoms with Crippen molar-refractivity contribution in [1.82, 2.24) is 20.4 Å². The zero-order valence-electron chi connectivity index (χ0n) is 16.1. The lowest BCUT2D eigenvalue weighted by atomic mass is 9.86. The predicted octanol–water partition coefficient (Wildman–Crippen LogP) is 1.66. The summed E-state index contributed by atoms with van der Waals surface area (Å²) in [5.41, 5.74) is -0.172. The van der Waals surface area contributed by atoms with Gasteiger partial charge in [0.25, 0.3) is 0 Å². The Hall–Kier alpha value is -0.850. The van der Waals surface area contributed by atoms with Gasteiger partial charge < -0.3 is 20.3 Å². The van der Waals surface area contributed by atoms with E-state index in [1.165, 1.54) is 0 Å². The van der Waals surface area contributed by atoms with E-state index in [4.69, 9.17) is 4.74 Å². The third-order valence-corrected chi connectivity index (χ3v) is 5.17. The van der Waals surface area contributed by atoms with Crippen molar-refractivity contribution in [1.29, 1.82) is 0 Å². The van der Waals surface area contributed by atoms with Crippen LogP contribution >= 0.6 is 0 Å². The summed E-state index contributed by atoms with van der Waals surface area (Å²) in [6, 6.07) is 1.07. The van der Waals surface area contributed by atoms with Crippen LogP contribution in [0.25, 0.3) is 0 Å². The molecule has 2 saturated heterocycles. The zero-order chi connectivity index (χ0) is 17.7. The molecule has 0 aromatic heterocycles. The van der Waals surface area contributed by atoms with Gasteiger partial charge in [-0.3, -0.25) is 4.90 Å². The van der Waals surface area contributed by atoms with E-state index in [0.29, 0.717) is 12.1 Å². The fraction of sp³-hybridized carbons (Fsp3) is 0.944. The van der Waals surface area contributed by atoms with Crippen LogP contribution in [0.1, 0.15) is 47.5 Å². The quantitative estimate of drug-likeness (QED) is 0.797. The number of piperazine rings is 1. The Morgan fingerprint density at radius 2 is 1.92 bits per heavy atom. The van der Waals surface area contributed by atoms with Gasteiger partial charge in [0.15, 0.2) is 0 Å². The van der Waals surface area contributed by atoms with Crippen LogP contribution in [0.4, 0.5) is 4.79 Å². The highest BCUT2D eigenvalue weighted by Gasteiger charge is 2.39. The highest BCUT2D eigenvalue weighted by Crippen LogP contribution is 2.26. The Balaban J connectivity index is 2.02. The summed E-state index contributed by atoms with van der Waals surface area (Å²) in [5, 5.41) is 6.72. The number of likely N-dealkylation sites (tertiary alicyclic amines) is 1. The number of rotatable bonds is 5. The van der Waals surface area contributed by atoms with Gasteiger partial charge in [-0.1, -0.05) is 0 Å². The van der Waals surface area contributed by atoms with Crippen LogP contribution in [-0.2, 0) is 4.74 Å². The van der Waals surface area contributed by atoms with Gasteiger partial charge in [-0.2, -0.15) is 0 Å². The Morgan fingerprint density at radius 1 is 1.25 bits per heavy atom. The molecule has 24 heavy (non-hydrogen) atoms. The van der Waals surface area contributed by atoms with Crippen molar-refractivity contribution in [3.05, 3.63) is 0 Å². The number of alkyl carbamates (subject to hydrolysis) is 1. The van der Waals surface area contributed by atoms with Crippen LogP contribution in [-0.4, -0.2) is 78.9 Å².